The zero-order valence-electron chi connectivity index (χ0n) is 21.6. The van der Waals surface area contributed by atoms with Crippen LogP contribution in [0.1, 0.15) is 22.3 Å². The zero-order valence-corrected chi connectivity index (χ0v) is 21.6. The Kier molecular flexibility index (Phi) is 5.38. The minimum Gasteiger partial charge on any atom is -0.497 e. The molecule has 1 heterocycles. The van der Waals surface area contributed by atoms with Crippen LogP contribution in [0.2, 0.25) is 0 Å². The van der Waals surface area contributed by atoms with Crippen LogP contribution >= 0.6 is 0 Å². The quantitative estimate of drug-likeness (QED) is 0.218. The van der Waals surface area contributed by atoms with Crippen molar-refractivity contribution in [1.82, 2.24) is 0 Å². The van der Waals surface area contributed by atoms with E-state index in [9.17, 15) is 0 Å². The number of hydrogen-bond donors (Lipinski definition) is 0. The fourth-order valence-corrected chi connectivity index (χ4v) is 5.99. The van der Waals surface area contributed by atoms with E-state index < -0.39 is 5.41 Å². The van der Waals surface area contributed by atoms with Gasteiger partial charge >= 0.3 is 0 Å². The summed E-state index contributed by atoms with van der Waals surface area (Å²) in [5.74, 6) is 3.34. The Morgan fingerprint density at radius 3 is 1.64 bits per heavy atom. The molecule has 3 heteroatoms. The number of hydrogen-bond acceptors (Lipinski definition) is 3. The maximum Gasteiger partial charge on any atom is 0.132 e. The van der Waals surface area contributed by atoms with Crippen LogP contribution in [0.4, 0.5) is 0 Å². The minimum absolute atomic E-state index is 0.593. The summed E-state index contributed by atoms with van der Waals surface area (Å²) in [6, 6.07) is 42.6. The summed E-state index contributed by atoms with van der Waals surface area (Å²) in [5, 5.41) is 4.53. The first-order valence-corrected chi connectivity index (χ1v) is 13.0. The number of benzene rings is 6. The van der Waals surface area contributed by atoms with Crippen molar-refractivity contribution in [2.75, 3.05) is 7.11 Å². The summed E-state index contributed by atoms with van der Waals surface area (Å²) in [6.45, 7) is 3.69. The molecule has 0 N–H and O–H groups in total. The topological polar surface area (TPSA) is 27.7 Å². The van der Waals surface area contributed by atoms with Crippen LogP contribution in [0, 0.1) is 0 Å². The van der Waals surface area contributed by atoms with Crippen molar-refractivity contribution >= 4 is 21.5 Å². The molecule has 39 heavy (non-hydrogen) atoms. The van der Waals surface area contributed by atoms with E-state index in [1.807, 2.05) is 30.3 Å². The van der Waals surface area contributed by atoms with E-state index in [0.717, 1.165) is 55.7 Å². The lowest BCUT2D eigenvalue weighted by atomic mass is 9.63. The van der Waals surface area contributed by atoms with Crippen LogP contribution in [0.5, 0.6) is 23.0 Å². The first-order valence-electron chi connectivity index (χ1n) is 13.0. The summed E-state index contributed by atoms with van der Waals surface area (Å²) in [6.07, 6.45) is 1.45. The molecule has 0 radical (unpaired) electrons. The molecule has 0 saturated carbocycles. The predicted octanol–water partition coefficient (Wildman–Crippen LogP) is 9.01. The third-order valence-electron chi connectivity index (χ3n) is 7.75. The lowest BCUT2D eigenvalue weighted by molar-refractivity contribution is 0.415. The molecule has 0 bridgehead atoms. The Balaban J connectivity index is 1.57. The summed E-state index contributed by atoms with van der Waals surface area (Å²) >= 11 is 0. The second kappa shape index (κ2) is 9.07. The molecular weight excluding hydrogens is 480 g/mol. The molecule has 0 fully saturated rings. The van der Waals surface area contributed by atoms with E-state index in [2.05, 4.69) is 97.6 Å². The van der Waals surface area contributed by atoms with E-state index in [0.29, 0.717) is 0 Å². The third-order valence-corrected chi connectivity index (χ3v) is 7.75. The number of fused-ring (bicyclic) bond motifs is 4. The molecule has 1 aliphatic heterocycles. The monoisotopic (exact) mass is 506 g/mol. The van der Waals surface area contributed by atoms with Gasteiger partial charge in [-0.25, -0.2) is 0 Å². The van der Waals surface area contributed by atoms with Gasteiger partial charge in [-0.15, -0.1) is 0 Å². The van der Waals surface area contributed by atoms with Gasteiger partial charge in [-0.3, -0.25) is 0 Å². The molecule has 3 nitrogen and oxygen atoms in total. The second-order valence-corrected chi connectivity index (χ2v) is 9.78. The maximum absolute atomic E-state index is 6.48. The van der Waals surface area contributed by atoms with E-state index in [1.165, 1.54) is 17.4 Å². The zero-order chi connectivity index (χ0) is 26.4. The van der Waals surface area contributed by atoms with Crippen LogP contribution in [0.3, 0.4) is 0 Å². The fourth-order valence-electron chi connectivity index (χ4n) is 5.99. The van der Waals surface area contributed by atoms with Crippen molar-refractivity contribution in [3.05, 3.63) is 156 Å². The highest BCUT2D eigenvalue weighted by Gasteiger charge is 2.45. The molecule has 0 amide bonds. The summed E-state index contributed by atoms with van der Waals surface area (Å²) in [4.78, 5) is 0. The third kappa shape index (κ3) is 3.58. The van der Waals surface area contributed by atoms with Gasteiger partial charge in [-0.1, -0.05) is 79.4 Å². The van der Waals surface area contributed by atoms with Crippen LogP contribution in [-0.4, -0.2) is 7.11 Å². The molecular formula is C36H26O3. The predicted molar refractivity (Wildman–Crippen MR) is 157 cm³/mol. The molecule has 7 rings (SSSR count). The summed E-state index contributed by atoms with van der Waals surface area (Å²) < 4.78 is 17.5. The normalized spacial score (nSPS) is 13.3. The van der Waals surface area contributed by atoms with E-state index in [4.69, 9.17) is 14.2 Å². The number of para-hydroxylation sites is 2. The first-order chi connectivity index (χ1) is 19.2. The lowest BCUT2D eigenvalue weighted by Crippen LogP contribution is -2.34. The number of methoxy groups -OCH3 is 1. The molecule has 0 atom stereocenters. The Bertz CT molecular complexity index is 1840. The van der Waals surface area contributed by atoms with Gasteiger partial charge in [0.1, 0.15) is 23.0 Å². The van der Waals surface area contributed by atoms with Gasteiger partial charge in [0.15, 0.2) is 0 Å². The Hall–Kier alpha value is -5.02. The average molecular weight is 507 g/mol. The fraction of sp³-hybridized carbons (Fsp3) is 0.0556. The first kappa shape index (κ1) is 23.1. The highest BCUT2D eigenvalue weighted by Crippen LogP contribution is 2.55. The van der Waals surface area contributed by atoms with Crippen LogP contribution < -0.4 is 14.2 Å². The average Bonchev–Trinajstić information content (AvgIpc) is 2.99. The Morgan fingerprint density at radius 2 is 1.08 bits per heavy atom. The van der Waals surface area contributed by atoms with Crippen molar-refractivity contribution in [1.29, 1.82) is 0 Å². The van der Waals surface area contributed by atoms with Crippen molar-refractivity contribution in [2.24, 2.45) is 0 Å². The summed E-state index contributed by atoms with van der Waals surface area (Å²) in [5.41, 5.74) is 3.98. The molecule has 188 valence electrons. The summed E-state index contributed by atoms with van der Waals surface area (Å²) in [7, 11) is 1.70. The van der Waals surface area contributed by atoms with Crippen LogP contribution in [0.25, 0.3) is 21.5 Å². The molecule has 6 aromatic carbocycles. The van der Waals surface area contributed by atoms with Crippen LogP contribution in [-0.2, 0) is 5.41 Å². The van der Waals surface area contributed by atoms with Crippen molar-refractivity contribution in [2.45, 2.75) is 5.41 Å². The second-order valence-electron chi connectivity index (χ2n) is 9.78. The number of ether oxygens (including phenoxy) is 3. The smallest absolute Gasteiger partial charge is 0.132 e. The minimum atomic E-state index is -0.593. The van der Waals surface area contributed by atoms with E-state index in [-0.39, 0.29) is 0 Å². The standard InChI is InChI=1S/C36H26O3/c1-3-38-31-19-15-25-21-29(17-13-27(25)23-31)36(28-16-12-26-22-30(37-2)18-14-24(26)20-28)32-8-4-6-10-34(32)39-35-11-7-5-9-33(35)36/h3-23H,1H2,2H3. The van der Waals surface area contributed by atoms with Gasteiger partial charge in [-0.05, 0) is 81.2 Å². The molecule has 1 aliphatic rings. The highest BCUT2D eigenvalue weighted by molar-refractivity contribution is 5.88. The Labute approximate surface area is 227 Å². The lowest BCUT2D eigenvalue weighted by Gasteiger charge is -2.41. The van der Waals surface area contributed by atoms with Gasteiger partial charge in [0, 0.05) is 11.1 Å². The van der Waals surface area contributed by atoms with Crippen molar-refractivity contribution in [3.8, 4) is 23.0 Å². The maximum atomic E-state index is 6.48. The van der Waals surface area contributed by atoms with Gasteiger partial charge in [-0.2, -0.15) is 0 Å². The van der Waals surface area contributed by atoms with Gasteiger partial charge in [0.25, 0.3) is 0 Å². The SMILES string of the molecule is C=COc1ccc2cc(C3(c4ccc5cc(OC)ccc5c4)c4ccccc4Oc4ccccc43)ccc2c1. The van der Waals surface area contributed by atoms with E-state index >= 15 is 0 Å². The molecule has 0 saturated heterocycles. The van der Waals surface area contributed by atoms with Gasteiger partial charge in [0.2, 0.25) is 0 Å². The highest BCUT2D eigenvalue weighted by atomic mass is 16.5. The molecule has 0 unspecified atom stereocenters. The molecule has 0 aromatic heterocycles. The van der Waals surface area contributed by atoms with Gasteiger partial charge < -0.3 is 14.2 Å². The molecule has 6 aromatic rings. The van der Waals surface area contributed by atoms with E-state index in [1.54, 1.807) is 7.11 Å². The van der Waals surface area contributed by atoms with Gasteiger partial charge in [0.05, 0.1) is 18.8 Å². The largest absolute Gasteiger partial charge is 0.497 e. The van der Waals surface area contributed by atoms with Crippen LogP contribution in [0.15, 0.2) is 134 Å². The van der Waals surface area contributed by atoms with Crippen molar-refractivity contribution in [3.63, 3.8) is 0 Å². The number of rotatable bonds is 5. The van der Waals surface area contributed by atoms with Crippen molar-refractivity contribution < 1.29 is 14.2 Å². The Morgan fingerprint density at radius 1 is 0.590 bits per heavy atom. The molecule has 0 aliphatic carbocycles. The molecule has 0 spiro atoms.